The van der Waals surface area contributed by atoms with Crippen LogP contribution in [-0.2, 0) is 12.8 Å². The standard InChI is InChI=1S/C19H16N4O3/c24-19(21-16-6-4-13-2-1-3-14(13)10-16)15-5-7-17(18(11-15)23(25)26)22-9-8-20-12-22/h4-12H,1-3H2,(H,21,24). The molecule has 0 saturated heterocycles. The zero-order valence-electron chi connectivity index (χ0n) is 13.9. The minimum absolute atomic E-state index is 0.149. The number of benzene rings is 2. The molecule has 0 fully saturated rings. The highest BCUT2D eigenvalue weighted by Gasteiger charge is 2.19. The number of nitro groups is 1. The lowest BCUT2D eigenvalue weighted by Gasteiger charge is -2.09. The highest BCUT2D eigenvalue weighted by Crippen LogP contribution is 2.27. The third-order valence-corrected chi connectivity index (χ3v) is 4.57. The van der Waals surface area contributed by atoms with Crippen LogP contribution in [0.2, 0.25) is 0 Å². The van der Waals surface area contributed by atoms with Gasteiger partial charge < -0.3 is 9.88 Å². The molecule has 1 amide bonds. The van der Waals surface area contributed by atoms with Gasteiger partial charge in [0.25, 0.3) is 11.6 Å². The lowest BCUT2D eigenvalue weighted by molar-refractivity contribution is -0.384. The van der Waals surface area contributed by atoms with E-state index in [1.165, 1.54) is 29.7 Å². The lowest BCUT2D eigenvalue weighted by Crippen LogP contribution is -2.13. The van der Waals surface area contributed by atoms with Gasteiger partial charge >= 0.3 is 0 Å². The number of amides is 1. The molecule has 1 aliphatic rings. The zero-order chi connectivity index (χ0) is 18.1. The molecule has 130 valence electrons. The molecule has 7 heteroatoms. The van der Waals surface area contributed by atoms with E-state index >= 15 is 0 Å². The summed E-state index contributed by atoms with van der Waals surface area (Å²) in [5.41, 5.74) is 3.73. The smallest absolute Gasteiger partial charge is 0.294 e. The first-order valence-electron chi connectivity index (χ1n) is 8.32. The van der Waals surface area contributed by atoms with Crippen molar-refractivity contribution in [1.29, 1.82) is 0 Å². The van der Waals surface area contributed by atoms with Gasteiger partial charge in [-0.1, -0.05) is 6.07 Å². The fourth-order valence-electron chi connectivity index (χ4n) is 3.28. The maximum Gasteiger partial charge on any atom is 0.294 e. The molecular formula is C19H16N4O3. The van der Waals surface area contributed by atoms with E-state index < -0.39 is 4.92 Å². The van der Waals surface area contributed by atoms with Crippen molar-refractivity contribution in [2.45, 2.75) is 19.3 Å². The molecule has 4 rings (SSSR count). The van der Waals surface area contributed by atoms with Crippen molar-refractivity contribution in [1.82, 2.24) is 9.55 Å². The second-order valence-corrected chi connectivity index (χ2v) is 6.22. The van der Waals surface area contributed by atoms with Gasteiger partial charge in [0.05, 0.1) is 11.3 Å². The largest absolute Gasteiger partial charge is 0.322 e. The van der Waals surface area contributed by atoms with Gasteiger partial charge in [0, 0.05) is 29.7 Å². The van der Waals surface area contributed by atoms with Crippen LogP contribution in [-0.4, -0.2) is 20.4 Å². The van der Waals surface area contributed by atoms with Crippen molar-refractivity contribution in [3.05, 3.63) is 81.9 Å². The van der Waals surface area contributed by atoms with Crippen LogP contribution >= 0.6 is 0 Å². The second-order valence-electron chi connectivity index (χ2n) is 6.22. The monoisotopic (exact) mass is 348 g/mol. The van der Waals surface area contributed by atoms with E-state index in [1.807, 2.05) is 18.2 Å². The van der Waals surface area contributed by atoms with Gasteiger partial charge in [-0.25, -0.2) is 4.98 Å². The molecule has 0 atom stereocenters. The fraction of sp³-hybridized carbons (Fsp3) is 0.158. The number of nitrogens with zero attached hydrogens (tertiary/aromatic N) is 3. The van der Waals surface area contributed by atoms with Crippen molar-refractivity contribution in [2.24, 2.45) is 0 Å². The maximum absolute atomic E-state index is 12.5. The molecule has 7 nitrogen and oxygen atoms in total. The van der Waals surface area contributed by atoms with Crippen LogP contribution in [0.5, 0.6) is 0 Å². The van der Waals surface area contributed by atoms with Gasteiger partial charge in [0.1, 0.15) is 5.69 Å². The van der Waals surface area contributed by atoms with Crippen molar-refractivity contribution in [3.8, 4) is 5.69 Å². The number of fused-ring (bicyclic) bond motifs is 1. The van der Waals surface area contributed by atoms with E-state index in [-0.39, 0.29) is 17.2 Å². The molecule has 0 aliphatic heterocycles. The molecule has 1 aliphatic carbocycles. The van der Waals surface area contributed by atoms with Gasteiger partial charge in [-0.2, -0.15) is 0 Å². The van der Waals surface area contributed by atoms with Crippen LogP contribution < -0.4 is 5.32 Å². The van der Waals surface area contributed by atoms with Crippen molar-refractivity contribution < 1.29 is 9.72 Å². The minimum Gasteiger partial charge on any atom is -0.322 e. The summed E-state index contributed by atoms with van der Waals surface area (Å²) in [6.45, 7) is 0. The number of aryl methyl sites for hydroxylation is 2. The number of aromatic nitrogens is 2. The molecule has 0 saturated carbocycles. The SMILES string of the molecule is O=C(Nc1ccc2c(c1)CCC2)c1ccc(-n2ccnc2)c([N+](=O)[O-])c1. The number of carbonyl (C=O) groups is 1. The molecule has 3 aromatic rings. The number of nitro benzene ring substituents is 1. The van der Waals surface area contributed by atoms with E-state index in [0.29, 0.717) is 11.4 Å². The molecule has 2 aromatic carbocycles. The number of rotatable bonds is 4. The summed E-state index contributed by atoms with van der Waals surface area (Å²) < 4.78 is 1.54. The van der Waals surface area contributed by atoms with Crippen molar-refractivity contribution >= 4 is 17.3 Å². The van der Waals surface area contributed by atoms with Crippen LogP contribution in [0.3, 0.4) is 0 Å². The van der Waals surface area contributed by atoms with Crippen LogP contribution in [0.1, 0.15) is 27.9 Å². The Morgan fingerprint density at radius 1 is 1.15 bits per heavy atom. The van der Waals surface area contributed by atoms with E-state index in [2.05, 4.69) is 10.3 Å². The average Bonchev–Trinajstić information content (AvgIpc) is 3.32. The maximum atomic E-state index is 12.5. The Labute approximate surface area is 149 Å². The molecule has 0 bridgehead atoms. The molecule has 0 spiro atoms. The molecule has 1 heterocycles. The first-order chi connectivity index (χ1) is 12.6. The second kappa shape index (κ2) is 6.44. The normalized spacial score (nSPS) is 12.6. The Hall–Kier alpha value is -3.48. The third-order valence-electron chi connectivity index (χ3n) is 4.57. The van der Waals surface area contributed by atoms with Gasteiger partial charge in [-0.15, -0.1) is 0 Å². The Bertz CT molecular complexity index is 996. The topological polar surface area (TPSA) is 90.1 Å². The van der Waals surface area contributed by atoms with E-state index in [1.54, 1.807) is 22.9 Å². The lowest BCUT2D eigenvalue weighted by atomic mass is 10.1. The number of carbonyl (C=O) groups excluding carboxylic acids is 1. The van der Waals surface area contributed by atoms with Gasteiger partial charge in [0.15, 0.2) is 0 Å². The summed E-state index contributed by atoms with van der Waals surface area (Å²) in [4.78, 5) is 27.4. The summed E-state index contributed by atoms with van der Waals surface area (Å²) in [6, 6.07) is 10.3. The molecule has 1 N–H and O–H groups in total. The highest BCUT2D eigenvalue weighted by molar-refractivity contribution is 6.05. The summed E-state index contributed by atoms with van der Waals surface area (Å²) >= 11 is 0. The summed E-state index contributed by atoms with van der Waals surface area (Å²) in [5, 5.41) is 14.2. The quantitative estimate of drug-likeness (QED) is 0.577. The van der Waals surface area contributed by atoms with E-state index in [0.717, 1.165) is 19.3 Å². The molecule has 0 radical (unpaired) electrons. The summed E-state index contributed by atoms with van der Waals surface area (Å²) in [6.07, 6.45) is 7.86. The number of hydrogen-bond acceptors (Lipinski definition) is 4. The van der Waals surface area contributed by atoms with E-state index in [4.69, 9.17) is 0 Å². The highest BCUT2D eigenvalue weighted by atomic mass is 16.6. The molecule has 1 aromatic heterocycles. The van der Waals surface area contributed by atoms with Crippen LogP contribution in [0.25, 0.3) is 5.69 Å². The Morgan fingerprint density at radius 3 is 2.77 bits per heavy atom. The average molecular weight is 348 g/mol. The van der Waals surface area contributed by atoms with Crippen molar-refractivity contribution in [2.75, 3.05) is 5.32 Å². The zero-order valence-corrected chi connectivity index (χ0v) is 13.9. The molecule has 0 unspecified atom stereocenters. The van der Waals surface area contributed by atoms with Crippen LogP contribution in [0, 0.1) is 10.1 Å². The number of hydrogen-bond donors (Lipinski definition) is 1. The first-order valence-corrected chi connectivity index (χ1v) is 8.32. The van der Waals surface area contributed by atoms with Crippen LogP contribution in [0.15, 0.2) is 55.1 Å². The van der Waals surface area contributed by atoms with Crippen molar-refractivity contribution in [3.63, 3.8) is 0 Å². The number of imidazole rings is 1. The minimum atomic E-state index is -0.499. The van der Waals surface area contributed by atoms with Gasteiger partial charge in [-0.3, -0.25) is 14.9 Å². The molecule has 26 heavy (non-hydrogen) atoms. The molecular weight excluding hydrogens is 332 g/mol. The fourth-order valence-corrected chi connectivity index (χ4v) is 3.28. The third kappa shape index (κ3) is 2.95. The number of nitrogens with one attached hydrogen (secondary N) is 1. The Kier molecular flexibility index (Phi) is 3.96. The van der Waals surface area contributed by atoms with Gasteiger partial charge in [-0.05, 0) is 54.7 Å². The Morgan fingerprint density at radius 2 is 2.00 bits per heavy atom. The van der Waals surface area contributed by atoms with E-state index in [9.17, 15) is 14.9 Å². The first kappa shape index (κ1) is 16.0. The predicted octanol–water partition coefficient (Wildman–Crippen LogP) is 3.52. The van der Waals surface area contributed by atoms with Crippen LogP contribution in [0.4, 0.5) is 11.4 Å². The predicted molar refractivity (Wildman–Crippen MR) is 96.6 cm³/mol. The summed E-state index contributed by atoms with van der Waals surface area (Å²) in [5.74, 6) is -0.372. The summed E-state index contributed by atoms with van der Waals surface area (Å²) in [7, 11) is 0. The Balaban J connectivity index is 1.62. The van der Waals surface area contributed by atoms with Gasteiger partial charge in [0.2, 0.25) is 0 Å². The number of anilines is 1.